The number of carboxylic acids is 1. The van der Waals surface area contributed by atoms with Crippen LogP contribution in [-0.2, 0) is 9.59 Å². The number of rotatable bonds is 7. The SMILES string of the molecule is CC(c1ccccc1)C(CS)C(=O)NC(CO)C(=O)O. The summed E-state index contributed by atoms with van der Waals surface area (Å²) in [5.41, 5.74) is 0.984. The van der Waals surface area contributed by atoms with E-state index in [4.69, 9.17) is 10.2 Å². The molecule has 1 rings (SSSR count). The summed E-state index contributed by atoms with van der Waals surface area (Å²) in [5, 5.41) is 20.1. The highest BCUT2D eigenvalue weighted by Crippen LogP contribution is 2.25. The summed E-state index contributed by atoms with van der Waals surface area (Å²) < 4.78 is 0. The van der Waals surface area contributed by atoms with Crippen molar-refractivity contribution in [3.05, 3.63) is 35.9 Å². The van der Waals surface area contributed by atoms with E-state index in [1.54, 1.807) is 0 Å². The molecule has 0 saturated heterocycles. The topological polar surface area (TPSA) is 86.6 Å². The Morgan fingerprint density at radius 2 is 1.90 bits per heavy atom. The fourth-order valence-corrected chi connectivity index (χ4v) is 2.40. The second-order valence-electron chi connectivity index (χ2n) is 4.57. The maximum absolute atomic E-state index is 12.1. The van der Waals surface area contributed by atoms with Crippen LogP contribution in [0.1, 0.15) is 18.4 Å². The fourth-order valence-electron chi connectivity index (χ4n) is 1.92. The van der Waals surface area contributed by atoms with E-state index in [2.05, 4.69) is 17.9 Å². The van der Waals surface area contributed by atoms with E-state index in [0.717, 1.165) is 5.56 Å². The molecule has 3 N–H and O–H groups in total. The summed E-state index contributed by atoms with van der Waals surface area (Å²) >= 11 is 4.18. The molecule has 0 aliphatic heterocycles. The van der Waals surface area contributed by atoms with Gasteiger partial charge in [0.05, 0.1) is 12.5 Å². The molecule has 1 aromatic carbocycles. The van der Waals surface area contributed by atoms with Crippen LogP contribution in [-0.4, -0.2) is 40.5 Å². The second kappa shape index (κ2) is 7.91. The molecular weight excluding hydrogens is 278 g/mol. The maximum Gasteiger partial charge on any atom is 0.328 e. The Morgan fingerprint density at radius 3 is 2.35 bits per heavy atom. The summed E-state index contributed by atoms with van der Waals surface area (Å²) in [6.45, 7) is 1.25. The number of aliphatic hydroxyl groups is 1. The van der Waals surface area contributed by atoms with Crippen LogP contribution < -0.4 is 5.32 Å². The second-order valence-corrected chi connectivity index (χ2v) is 4.94. The smallest absolute Gasteiger partial charge is 0.328 e. The molecule has 0 aliphatic carbocycles. The quantitative estimate of drug-likeness (QED) is 0.563. The average molecular weight is 297 g/mol. The van der Waals surface area contributed by atoms with Gasteiger partial charge in [-0.1, -0.05) is 37.3 Å². The molecule has 20 heavy (non-hydrogen) atoms. The van der Waals surface area contributed by atoms with E-state index in [1.165, 1.54) is 0 Å². The summed E-state index contributed by atoms with van der Waals surface area (Å²) in [4.78, 5) is 23.0. The van der Waals surface area contributed by atoms with Crippen LogP contribution in [0.3, 0.4) is 0 Å². The van der Waals surface area contributed by atoms with Crippen LogP contribution in [0, 0.1) is 5.92 Å². The molecule has 1 aromatic rings. The molecule has 0 heterocycles. The van der Waals surface area contributed by atoms with Crippen LogP contribution in [0.25, 0.3) is 0 Å². The summed E-state index contributed by atoms with van der Waals surface area (Å²) in [5.74, 6) is -1.94. The van der Waals surface area contributed by atoms with Gasteiger partial charge in [-0.05, 0) is 11.5 Å². The Balaban J connectivity index is 2.79. The van der Waals surface area contributed by atoms with Crippen molar-refractivity contribution in [2.24, 2.45) is 5.92 Å². The number of aliphatic hydroxyl groups excluding tert-OH is 1. The van der Waals surface area contributed by atoms with Gasteiger partial charge in [-0.3, -0.25) is 4.79 Å². The highest BCUT2D eigenvalue weighted by molar-refractivity contribution is 7.80. The van der Waals surface area contributed by atoms with Crippen molar-refractivity contribution in [2.75, 3.05) is 12.4 Å². The first-order chi connectivity index (χ1) is 9.51. The van der Waals surface area contributed by atoms with Crippen LogP contribution >= 0.6 is 12.6 Å². The number of carbonyl (C=O) groups is 2. The van der Waals surface area contributed by atoms with E-state index in [9.17, 15) is 9.59 Å². The van der Waals surface area contributed by atoms with Gasteiger partial charge in [0.2, 0.25) is 5.91 Å². The first-order valence-corrected chi connectivity index (χ1v) is 6.94. The molecule has 0 fully saturated rings. The summed E-state index contributed by atoms with van der Waals surface area (Å²) in [6, 6.07) is 8.19. The highest BCUT2D eigenvalue weighted by atomic mass is 32.1. The monoisotopic (exact) mass is 297 g/mol. The van der Waals surface area contributed by atoms with Gasteiger partial charge in [0.25, 0.3) is 0 Å². The Labute approximate surface area is 123 Å². The Kier molecular flexibility index (Phi) is 6.54. The number of carbonyl (C=O) groups excluding carboxylic acids is 1. The predicted octanol–water partition coefficient (Wildman–Crippen LogP) is 0.898. The zero-order chi connectivity index (χ0) is 15.1. The maximum atomic E-state index is 12.1. The standard InChI is InChI=1S/C14H19NO4S/c1-9(10-5-3-2-4-6-10)11(8-20)13(17)15-12(7-16)14(18)19/h2-6,9,11-12,16,20H,7-8H2,1H3,(H,15,17)(H,18,19). The van der Waals surface area contributed by atoms with Crippen molar-refractivity contribution in [2.45, 2.75) is 18.9 Å². The van der Waals surface area contributed by atoms with Gasteiger partial charge in [-0.15, -0.1) is 0 Å². The number of thiol groups is 1. The molecule has 0 aromatic heterocycles. The first-order valence-electron chi connectivity index (χ1n) is 6.31. The van der Waals surface area contributed by atoms with Crippen LogP contribution in [0.4, 0.5) is 0 Å². The molecule has 110 valence electrons. The van der Waals surface area contributed by atoms with Gasteiger partial charge in [-0.25, -0.2) is 4.79 Å². The van der Waals surface area contributed by atoms with Gasteiger partial charge < -0.3 is 15.5 Å². The van der Waals surface area contributed by atoms with Gasteiger partial charge in [0.15, 0.2) is 0 Å². The zero-order valence-corrected chi connectivity index (χ0v) is 12.1. The van der Waals surface area contributed by atoms with E-state index >= 15 is 0 Å². The number of hydrogen-bond donors (Lipinski definition) is 4. The minimum absolute atomic E-state index is 0.0955. The predicted molar refractivity (Wildman–Crippen MR) is 78.9 cm³/mol. The molecule has 6 heteroatoms. The van der Waals surface area contributed by atoms with E-state index in [1.807, 2.05) is 37.3 Å². The van der Waals surface area contributed by atoms with Gasteiger partial charge >= 0.3 is 5.97 Å². The van der Waals surface area contributed by atoms with Crippen molar-refractivity contribution in [1.29, 1.82) is 0 Å². The number of hydrogen-bond acceptors (Lipinski definition) is 4. The van der Waals surface area contributed by atoms with E-state index in [-0.39, 0.29) is 5.92 Å². The largest absolute Gasteiger partial charge is 0.480 e. The van der Waals surface area contributed by atoms with Crippen molar-refractivity contribution in [3.63, 3.8) is 0 Å². The van der Waals surface area contributed by atoms with Crippen LogP contribution in [0.2, 0.25) is 0 Å². The first kappa shape index (κ1) is 16.5. The summed E-state index contributed by atoms with van der Waals surface area (Å²) in [6.07, 6.45) is 0. The lowest BCUT2D eigenvalue weighted by molar-refractivity contribution is -0.143. The molecule has 0 aliphatic rings. The number of benzene rings is 1. The van der Waals surface area contributed by atoms with Gasteiger partial charge in [-0.2, -0.15) is 12.6 Å². The number of nitrogens with one attached hydrogen (secondary N) is 1. The van der Waals surface area contributed by atoms with Crippen LogP contribution in [0.5, 0.6) is 0 Å². The number of amides is 1. The number of carboxylic acid groups (broad SMARTS) is 1. The lowest BCUT2D eigenvalue weighted by atomic mass is 9.88. The Hall–Kier alpha value is -1.53. The Bertz CT molecular complexity index is 452. The third-order valence-electron chi connectivity index (χ3n) is 3.26. The molecule has 0 saturated carbocycles. The third kappa shape index (κ3) is 4.25. The normalized spacial score (nSPS) is 15.2. The molecule has 1 amide bonds. The molecule has 0 bridgehead atoms. The van der Waals surface area contributed by atoms with Crippen molar-refractivity contribution in [1.82, 2.24) is 5.32 Å². The summed E-state index contributed by atoms with van der Waals surface area (Å²) in [7, 11) is 0. The van der Waals surface area contributed by atoms with Crippen molar-refractivity contribution >= 4 is 24.5 Å². The molecular formula is C14H19NO4S. The zero-order valence-electron chi connectivity index (χ0n) is 11.2. The molecule has 5 nitrogen and oxygen atoms in total. The molecule has 3 atom stereocenters. The lowest BCUT2D eigenvalue weighted by Gasteiger charge is -2.23. The van der Waals surface area contributed by atoms with Crippen molar-refractivity contribution < 1.29 is 19.8 Å². The average Bonchev–Trinajstić information content (AvgIpc) is 2.45. The minimum Gasteiger partial charge on any atom is -0.480 e. The van der Waals surface area contributed by atoms with Gasteiger partial charge in [0, 0.05) is 5.75 Å². The molecule has 0 spiro atoms. The third-order valence-corrected chi connectivity index (χ3v) is 3.65. The number of aliphatic carboxylic acids is 1. The lowest BCUT2D eigenvalue weighted by Crippen LogP contribution is -2.47. The van der Waals surface area contributed by atoms with Crippen molar-refractivity contribution in [3.8, 4) is 0 Å². The highest BCUT2D eigenvalue weighted by Gasteiger charge is 2.28. The molecule has 3 unspecified atom stereocenters. The fraction of sp³-hybridized carbons (Fsp3) is 0.429. The van der Waals surface area contributed by atoms with Gasteiger partial charge in [0.1, 0.15) is 6.04 Å². The van der Waals surface area contributed by atoms with E-state index < -0.39 is 30.4 Å². The molecule has 0 radical (unpaired) electrons. The minimum atomic E-state index is -1.28. The van der Waals surface area contributed by atoms with E-state index in [0.29, 0.717) is 5.75 Å². The Morgan fingerprint density at radius 1 is 1.30 bits per heavy atom. The van der Waals surface area contributed by atoms with Crippen LogP contribution in [0.15, 0.2) is 30.3 Å².